The molecule has 1 fully saturated rings. The molecule has 2 aromatic rings. The number of hydrogen-bond acceptors (Lipinski definition) is 5. The van der Waals surface area contributed by atoms with Gasteiger partial charge in [0.1, 0.15) is 0 Å². The van der Waals surface area contributed by atoms with Crippen molar-refractivity contribution in [2.24, 2.45) is 0 Å². The van der Waals surface area contributed by atoms with Crippen LogP contribution in [0.25, 0.3) is 0 Å². The van der Waals surface area contributed by atoms with Gasteiger partial charge in [0.2, 0.25) is 0 Å². The van der Waals surface area contributed by atoms with Crippen LogP contribution in [0.5, 0.6) is 11.5 Å². The molecule has 1 unspecified atom stereocenters. The fraction of sp³-hybridized carbons (Fsp3) is 0.381. The summed E-state index contributed by atoms with van der Waals surface area (Å²) in [6, 6.07) is 13.0. The molecule has 1 saturated heterocycles. The highest BCUT2D eigenvalue weighted by Gasteiger charge is 2.22. The van der Waals surface area contributed by atoms with Crippen LogP contribution in [0.1, 0.15) is 22.0 Å². The van der Waals surface area contributed by atoms with Crippen molar-refractivity contribution in [3.05, 3.63) is 58.6 Å². The highest BCUT2D eigenvalue weighted by molar-refractivity contribution is 6.32. The van der Waals surface area contributed by atoms with Crippen molar-refractivity contribution in [2.45, 2.75) is 6.04 Å². The highest BCUT2D eigenvalue weighted by Crippen LogP contribution is 2.36. The summed E-state index contributed by atoms with van der Waals surface area (Å²) < 4.78 is 16.0. The molecule has 7 heteroatoms. The van der Waals surface area contributed by atoms with Crippen LogP contribution in [0.4, 0.5) is 0 Å². The zero-order chi connectivity index (χ0) is 19.9. The van der Waals surface area contributed by atoms with Crippen molar-refractivity contribution in [3.63, 3.8) is 0 Å². The lowest BCUT2D eigenvalue weighted by Crippen LogP contribution is -2.43. The molecule has 1 aliphatic rings. The predicted octanol–water partition coefficient (Wildman–Crippen LogP) is 3.16. The third kappa shape index (κ3) is 4.95. The quantitative estimate of drug-likeness (QED) is 0.768. The maximum absolute atomic E-state index is 13.0. The normalized spacial score (nSPS) is 15.7. The van der Waals surface area contributed by atoms with Crippen molar-refractivity contribution in [1.82, 2.24) is 10.2 Å². The zero-order valence-corrected chi connectivity index (χ0v) is 16.9. The van der Waals surface area contributed by atoms with Crippen LogP contribution in [-0.4, -0.2) is 57.9 Å². The van der Waals surface area contributed by atoms with E-state index in [0.29, 0.717) is 41.8 Å². The minimum absolute atomic E-state index is 0.154. The number of morpholine rings is 1. The van der Waals surface area contributed by atoms with E-state index >= 15 is 0 Å². The maximum atomic E-state index is 13.0. The van der Waals surface area contributed by atoms with Crippen LogP contribution in [0.2, 0.25) is 5.02 Å². The summed E-state index contributed by atoms with van der Waals surface area (Å²) in [4.78, 5) is 15.3. The van der Waals surface area contributed by atoms with E-state index in [9.17, 15) is 4.79 Å². The molecular formula is C21H25ClN2O4. The lowest BCUT2D eigenvalue weighted by Gasteiger charge is -2.31. The first-order chi connectivity index (χ1) is 13.6. The number of benzene rings is 2. The van der Waals surface area contributed by atoms with Crippen molar-refractivity contribution in [2.75, 3.05) is 47.1 Å². The van der Waals surface area contributed by atoms with Gasteiger partial charge in [-0.1, -0.05) is 41.9 Å². The smallest absolute Gasteiger partial charge is 0.252 e. The Morgan fingerprint density at radius 3 is 2.54 bits per heavy atom. The molecule has 0 radical (unpaired) electrons. The van der Waals surface area contributed by atoms with Crippen LogP contribution in [0.15, 0.2) is 42.5 Å². The first kappa shape index (κ1) is 20.5. The molecule has 6 nitrogen and oxygen atoms in total. The summed E-state index contributed by atoms with van der Waals surface area (Å²) in [6.07, 6.45) is 0. The fourth-order valence-electron chi connectivity index (χ4n) is 3.25. The van der Waals surface area contributed by atoms with Crippen LogP contribution in [0, 0.1) is 0 Å². The van der Waals surface area contributed by atoms with Crippen molar-refractivity contribution >= 4 is 17.5 Å². The number of hydrogen-bond donors (Lipinski definition) is 1. The van der Waals surface area contributed by atoms with Gasteiger partial charge in [-0.25, -0.2) is 0 Å². The van der Waals surface area contributed by atoms with E-state index in [4.69, 9.17) is 25.8 Å². The lowest BCUT2D eigenvalue weighted by atomic mass is 10.0. The average Bonchev–Trinajstić information content (AvgIpc) is 2.74. The van der Waals surface area contributed by atoms with E-state index in [-0.39, 0.29) is 11.9 Å². The molecule has 3 rings (SSSR count). The minimum atomic E-state index is -0.218. The summed E-state index contributed by atoms with van der Waals surface area (Å²) >= 11 is 6.26. The Hall–Kier alpha value is -2.28. The van der Waals surface area contributed by atoms with Gasteiger partial charge in [0.25, 0.3) is 5.91 Å². The number of nitrogens with zero attached hydrogens (tertiary/aromatic N) is 1. The van der Waals surface area contributed by atoms with Gasteiger partial charge < -0.3 is 19.5 Å². The van der Waals surface area contributed by atoms with E-state index in [2.05, 4.69) is 10.2 Å². The van der Waals surface area contributed by atoms with Gasteiger partial charge in [-0.05, 0) is 17.7 Å². The number of carbonyl (C=O) groups excluding carboxylic acids is 1. The summed E-state index contributed by atoms with van der Waals surface area (Å²) in [7, 11) is 3.03. The Morgan fingerprint density at radius 1 is 1.18 bits per heavy atom. The van der Waals surface area contributed by atoms with Crippen molar-refractivity contribution < 1.29 is 19.0 Å². The van der Waals surface area contributed by atoms with Gasteiger partial charge in [-0.15, -0.1) is 0 Å². The molecular weight excluding hydrogens is 380 g/mol. The monoisotopic (exact) mass is 404 g/mol. The largest absolute Gasteiger partial charge is 0.493 e. The number of methoxy groups -OCH3 is 2. The molecule has 0 bridgehead atoms. The average molecular weight is 405 g/mol. The summed E-state index contributed by atoms with van der Waals surface area (Å²) in [5.41, 5.74) is 1.47. The number of carbonyl (C=O) groups is 1. The van der Waals surface area contributed by atoms with Gasteiger partial charge >= 0.3 is 0 Å². The van der Waals surface area contributed by atoms with Gasteiger partial charge in [0.15, 0.2) is 11.5 Å². The Labute approximate surface area is 170 Å². The topological polar surface area (TPSA) is 60.0 Å². The van der Waals surface area contributed by atoms with Gasteiger partial charge in [-0.3, -0.25) is 9.69 Å². The first-order valence-electron chi connectivity index (χ1n) is 9.19. The maximum Gasteiger partial charge on any atom is 0.252 e. The Kier molecular flexibility index (Phi) is 7.14. The molecule has 0 aliphatic carbocycles. The molecule has 1 atom stereocenters. The van der Waals surface area contributed by atoms with Crippen molar-refractivity contribution in [1.29, 1.82) is 0 Å². The second-order valence-electron chi connectivity index (χ2n) is 6.54. The van der Waals surface area contributed by atoms with E-state index in [0.717, 1.165) is 18.7 Å². The summed E-state index contributed by atoms with van der Waals surface area (Å²) in [6.45, 7) is 3.82. The second kappa shape index (κ2) is 9.78. The second-order valence-corrected chi connectivity index (χ2v) is 6.95. The SMILES string of the molecule is COc1cc(C(=O)NC(CN2CCOCC2)c2ccccc2)cc(Cl)c1OC. The molecule has 150 valence electrons. The Bertz CT molecular complexity index is 794. The standard InChI is InChI=1S/C21H25ClN2O4/c1-26-19-13-16(12-17(22)20(19)27-2)21(25)23-18(15-6-4-3-5-7-15)14-24-8-10-28-11-9-24/h3-7,12-13,18H,8-11,14H2,1-2H3,(H,23,25). The molecule has 1 amide bonds. The predicted molar refractivity (Wildman–Crippen MR) is 108 cm³/mol. The van der Waals surface area contributed by atoms with Crippen molar-refractivity contribution in [3.8, 4) is 11.5 Å². The third-order valence-corrected chi connectivity index (χ3v) is 5.03. The van der Waals surface area contributed by atoms with Gasteiger partial charge in [0.05, 0.1) is 38.5 Å². The van der Waals surface area contributed by atoms with Gasteiger partial charge in [0, 0.05) is 25.2 Å². The molecule has 0 saturated carbocycles. The summed E-state index contributed by atoms with van der Waals surface area (Å²) in [5.74, 6) is 0.614. The zero-order valence-electron chi connectivity index (χ0n) is 16.1. The molecule has 0 spiro atoms. The Balaban J connectivity index is 1.81. The van der Waals surface area contributed by atoms with Gasteiger partial charge in [-0.2, -0.15) is 0 Å². The van der Waals surface area contributed by atoms with E-state index in [1.54, 1.807) is 12.1 Å². The number of rotatable bonds is 7. The first-order valence-corrected chi connectivity index (χ1v) is 9.57. The fourth-order valence-corrected chi connectivity index (χ4v) is 3.54. The Morgan fingerprint density at radius 2 is 1.89 bits per heavy atom. The number of halogens is 1. The highest BCUT2D eigenvalue weighted by atomic mass is 35.5. The summed E-state index contributed by atoms with van der Waals surface area (Å²) in [5, 5.41) is 3.47. The molecule has 0 aromatic heterocycles. The molecule has 1 heterocycles. The van der Waals surface area contributed by atoms with Crippen LogP contribution < -0.4 is 14.8 Å². The van der Waals surface area contributed by atoms with E-state index < -0.39 is 0 Å². The van der Waals surface area contributed by atoms with Crippen LogP contribution in [0.3, 0.4) is 0 Å². The molecule has 1 aliphatic heterocycles. The lowest BCUT2D eigenvalue weighted by molar-refractivity contribution is 0.0332. The minimum Gasteiger partial charge on any atom is -0.493 e. The van der Waals surface area contributed by atoms with E-state index in [1.807, 2.05) is 30.3 Å². The van der Waals surface area contributed by atoms with Crippen LogP contribution in [-0.2, 0) is 4.74 Å². The number of nitrogens with one attached hydrogen (secondary N) is 1. The number of amides is 1. The molecule has 28 heavy (non-hydrogen) atoms. The molecule has 1 N–H and O–H groups in total. The van der Waals surface area contributed by atoms with Crippen LogP contribution >= 0.6 is 11.6 Å². The number of ether oxygens (including phenoxy) is 3. The van der Waals surface area contributed by atoms with E-state index in [1.165, 1.54) is 14.2 Å². The third-order valence-electron chi connectivity index (χ3n) is 4.75. The molecule has 2 aromatic carbocycles.